The monoisotopic (exact) mass is 255 g/mol. The van der Waals surface area contributed by atoms with E-state index in [0.717, 1.165) is 13.2 Å². The second-order valence-electron chi connectivity index (χ2n) is 5.97. The fraction of sp³-hybridized carbons (Fsp3) is 1.00. The predicted octanol–water partition coefficient (Wildman–Crippen LogP) is 2.74. The lowest BCUT2D eigenvalue weighted by Gasteiger charge is -2.58. The highest BCUT2D eigenvalue weighted by Crippen LogP contribution is 2.53. The van der Waals surface area contributed by atoms with Gasteiger partial charge in [-0.25, -0.2) is 0 Å². The average molecular weight is 255 g/mol. The lowest BCUT2D eigenvalue weighted by molar-refractivity contribution is -0.181. The molecule has 2 rings (SSSR count). The fourth-order valence-corrected chi connectivity index (χ4v) is 3.83. The molecule has 0 aromatic heterocycles. The van der Waals surface area contributed by atoms with E-state index in [1.54, 1.807) is 0 Å². The van der Waals surface area contributed by atoms with Crippen LogP contribution in [-0.4, -0.2) is 38.5 Å². The normalized spacial score (nSPS) is 32.2. The minimum absolute atomic E-state index is 0.228. The van der Waals surface area contributed by atoms with E-state index in [1.165, 1.54) is 38.5 Å². The topological polar surface area (TPSA) is 30.5 Å². The van der Waals surface area contributed by atoms with Crippen molar-refractivity contribution < 1.29 is 9.47 Å². The zero-order valence-electron chi connectivity index (χ0n) is 12.2. The van der Waals surface area contributed by atoms with Crippen LogP contribution in [0.3, 0.4) is 0 Å². The van der Waals surface area contributed by atoms with Crippen LogP contribution in [0.25, 0.3) is 0 Å². The van der Waals surface area contributed by atoms with E-state index >= 15 is 0 Å². The molecular formula is C15H29NO2. The van der Waals surface area contributed by atoms with Gasteiger partial charge in [-0.2, -0.15) is 0 Å². The fourth-order valence-electron chi connectivity index (χ4n) is 3.83. The van der Waals surface area contributed by atoms with Gasteiger partial charge >= 0.3 is 0 Å². The van der Waals surface area contributed by atoms with Gasteiger partial charge in [0.1, 0.15) is 0 Å². The first kappa shape index (κ1) is 14.3. The van der Waals surface area contributed by atoms with Crippen LogP contribution in [0.1, 0.15) is 52.4 Å². The Labute approximate surface area is 112 Å². The van der Waals surface area contributed by atoms with Gasteiger partial charge in [0, 0.05) is 18.1 Å². The van der Waals surface area contributed by atoms with Crippen LogP contribution in [0.15, 0.2) is 0 Å². The summed E-state index contributed by atoms with van der Waals surface area (Å²) in [6.45, 7) is 5.69. The van der Waals surface area contributed by atoms with Crippen molar-refractivity contribution in [3.8, 4) is 0 Å². The number of hydrogen-bond acceptors (Lipinski definition) is 3. The summed E-state index contributed by atoms with van der Waals surface area (Å²) < 4.78 is 11.7. The maximum Gasteiger partial charge on any atom is 0.0784 e. The Kier molecular flexibility index (Phi) is 5.05. The Bertz CT molecular complexity index is 251. The zero-order valence-corrected chi connectivity index (χ0v) is 12.2. The maximum atomic E-state index is 6.25. The van der Waals surface area contributed by atoms with Gasteiger partial charge in [-0.1, -0.05) is 19.3 Å². The van der Waals surface area contributed by atoms with Crippen molar-refractivity contribution in [3.05, 3.63) is 0 Å². The summed E-state index contributed by atoms with van der Waals surface area (Å²) in [7, 11) is 2.10. The molecule has 1 spiro atoms. The molecule has 0 amide bonds. The highest BCUT2D eigenvalue weighted by Gasteiger charge is 2.55. The summed E-state index contributed by atoms with van der Waals surface area (Å²) in [6, 6.07) is 0.669. The van der Waals surface area contributed by atoms with E-state index < -0.39 is 0 Å². The van der Waals surface area contributed by atoms with Crippen molar-refractivity contribution in [1.29, 1.82) is 0 Å². The molecule has 2 saturated carbocycles. The first-order valence-corrected chi connectivity index (χ1v) is 7.63. The number of rotatable bonds is 6. The third-order valence-corrected chi connectivity index (χ3v) is 4.87. The largest absolute Gasteiger partial charge is 0.379 e. The van der Waals surface area contributed by atoms with Gasteiger partial charge in [-0.3, -0.25) is 0 Å². The lowest BCUT2D eigenvalue weighted by atomic mass is 9.55. The smallest absolute Gasteiger partial charge is 0.0784 e. The van der Waals surface area contributed by atoms with Crippen molar-refractivity contribution in [2.45, 2.75) is 70.6 Å². The second kappa shape index (κ2) is 6.36. The Morgan fingerprint density at radius 2 is 2.00 bits per heavy atom. The number of ether oxygens (including phenoxy) is 2. The Morgan fingerprint density at radius 1 is 1.28 bits per heavy atom. The van der Waals surface area contributed by atoms with Gasteiger partial charge in [-0.15, -0.1) is 0 Å². The quantitative estimate of drug-likeness (QED) is 0.791. The molecule has 0 aromatic carbocycles. The van der Waals surface area contributed by atoms with Gasteiger partial charge in [0.25, 0.3) is 0 Å². The molecule has 1 N–H and O–H groups in total. The first-order chi connectivity index (χ1) is 8.73. The van der Waals surface area contributed by atoms with Crippen LogP contribution in [0, 0.1) is 5.41 Å². The van der Waals surface area contributed by atoms with E-state index in [9.17, 15) is 0 Å². The SMILES string of the molecule is CCOCC(C)OC1CC(NC)C12CCCCC2. The highest BCUT2D eigenvalue weighted by atomic mass is 16.5. The molecule has 0 heterocycles. The van der Waals surface area contributed by atoms with Gasteiger partial charge in [0.15, 0.2) is 0 Å². The summed E-state index contributed by atoms with van der Waals surface area (Å²) in [5.74, 6) is 0. The van der Waals surface area contributed by atoms with Crippen molar-refractivity contribution in [3.63, 3.8) is 0 Å². The van der Waals surface area contributed by atoms with E-state index in [1.807, 2.05) is 6.92 Å². The molecule has 2 aliphatic carbocycles. The van der Waals surface area contributed by atoms with E-state index in [4.69, 9.17) is 9.47 Å². The molecule has 3 atom stereocenters. The molecule has 0 radical (unpaired) electrons. The van der Waals surface area contributed by atoms with Crippen molar-refractivity contribution in [2.75, 3.05) is 20.3 Å². The standard InChI is InChI=1S/C15H29NO2/c1-4-17-11-12(2)18-14-10-13(16-3)15(14)8-6-5-7-9-15/h12-14,16H,4-11H2,1-3H3. The molecule has 0 aliphatic heterocycles. The molecule has 2 fully saturated rings. The summed E-state index contributed by atoms with van der Waals surface area (Å²) in [5, 5.41) is 3.50. The second-order valence-corrected chi connectivity index (χ2v) is 5.97. The van der Waals surface area contributed by atoms with E-state index in [-0.39, 0.29) is 6.10 Å². The highest BCUT2D eigenvalue weighted by molar-refractivity contribution is 5.08. The van der Waals surface area contributed by atoms with Gasteiger partial charge in [0.2, 0.25) is 0 Å². The summed E-state index contributed by atoms with van der Waals surface area (Å²) in [6.07, 6.45) is 8.68. The summed E-state index contributed by atoms with van der Waals surface area (Å²) in [5.41, 5.74) is 0.424. The molecule has 0 aromatic rings. The lowest BCUT2D eigenvalue weighted by Crippen LogP contribution is -2.64. The Hall–Kier alpha value is -0.120. The molecule has 18 heavy (non-hydrogen) atoms. The van der Waals surface area contributed by atoms with Gasteiger partial charge in [0.05, 0.1) is 18.8 Å². The van der Waals surface area contributed by atoms with Crippen molar-refractivity contribution >= 4 is 0 Å². The molecule has 106 valence electrons. The molecule has 3 heteroatoms. The molecule has 0 bridgehead atoms. The van der Waals surface area contributed by atoms with Crippen LogP contribution < -0.4 is 5.32 Å². The number of hydrogen-bond donors (Lipinski definition) is 1. The van der Waals surface area contributed by atoms with Crippen LogP contribution >= 0.6 is 0 Å². The van der Waals surface area contributed by atoms with Crippen LogP contribution in [0.5, 0.6) is 0 Å². The van der Waals surface area contributed by atoms with E-state index in [2.05, 4.69) is 19.3 Å². The number of nitrogens with one attached hydrogen (secondary N) is 1. The zero-order chi connectivity index (χ0) is 13.0. The maximum absolute atomic E-state index is 6.25. The molecule has 3 unspecified atom stereocenters. The molecule has 2 aliphatic rings. The summed E-state index contributed by atoms with van der Waals surface area (Å²) >= 11 is 0. The Morgan fingerprint density at radius 3 is 2.61 bits per heavy atom. The minimum Gasteiger partial charge on any atom is -0.379 e. The van der Waals surface area contributed by atoms with Gasteiger partial charge in [-0.05, 0) is 40.2 Å². The van der Waals surface area contributed by atoms with Gasteiger partial charge < -0.3 is 14.8 Å². The third kappa shape index (κ3) is 2.73. The van der Waals surface area contributed by atoms with Crippen molar-refractivity contribution in [1.82, 2.24) is 5.32 Å². The third-order valence-electron chi connectivity index (χ3n) is 4.87. The van der Waals surface area contributed by atoms with Crippen LogP contribution in [0.4, 0.5) is 0 Å². The summed E-state index contributed by atoms with van der Waals surface area (Å²) in [4.78, 5) is 0. The van der Waals surface area contributed by atoms with Crippen LogP contribution in [0.2, 0.25) is 0 Å². The predicted molar refractivity (Wildman–Crippen MR) is 73.8 cm³/mol. The van der Waals surface area contributed by atoms with E-state index in [0.29, 0.717) is 17.6 Å². The minimum atomic E-state index is 0.228. The average Bonchev–Trinajstić information content (AvgIpc) is 2.41. The molecule has 0 saturated heterocycles. The van der Waals surface area contributed by atoms with Crippen LogP contribution in [-0.2, 0) is 9.47 Å². The van der Waals surface area contributed by atoms with Crippen molar-refractivity contribution in [2.24, 2.45) is 5.41 Å². The first-order valence-electron chi connectivity index (χ1n) is 7.63. The molecule has 3 nitrogen and oxygen atoms in total. The Balaban J connectivity index is 1.88. The molecular weight excluding hydrogens is 226 g/mol.